The van der Waals surface area contributed by atoms with E-state index in [1.165, 1.54) is 6.92 Å². The van der Waals surface area contributed by atoms with Gasteiger partial charge in [0, 0.05) is 0 Å². The number of rotatable bonds is 3. The molecule has 0 bridgehead atoms. The summed E-state index contributed by atoms with van der Waals surface area (Å²) in [5.41, 5.74) is 2.50. The maximum Gasteiger partial charge on any atom is 0.328 e. The Kier molecular flexibility index (Phi) is 2.61. The summed E-state index contributed by atoms with van der Waals surface area (Å²) in [5.74, 6) is -1.34. The van der Waals surface area contributed by atoms with Gasteiger partial charge in [-0.15, -0.1) is 0 Å². The minimum Gasteiger partial charge on any atom is -0.480 e. The third kappa shape index (κ3) is 2.18. The van der Waals surface area contributed by atoms with Crippen LogP contribution in [0.15, 0.2) is 0 Å². The van der Waals surface area contributed by atoms with Gasteiger partial charge in [-0.25, -0.2) is 5.43 Å². The molecule has 6 heteroatoms. The Bertz CT molecular complexity index is 206. The van der Waals surface area contributed by atoms with Gasteiger partial charge in [0.25, 0.3) is 0 Å². The summed E-state index contributed by atoms with van der Waals surface area (Å²) < 4.78 is 0. The summed E-state index contributed by atoms with van der Waals surface area (Å²) >= 11 is 0. The lowest BCUT2D eigenvalue weighted by molar-refractivity contribution is -0.188. The van der Waals surface area contributed by atoms with Gasteiger partial charge < -0.3 is 9.94 Å². The molecule has 12 heavy (non-hydrogen) atoms. The van der Waals surface area contributed by atoms with Crippen molar-refractivity contribution in [1.29, 1.82) is 0 Å². The predicted octanol–water partition coefficient (Wildman–Crippen LogP) is -0.872. The van der Waals surface area contributed by atoms with Crippen LogP contribution < -0.4 is 5.43 Å². The average Bonchev–Trinajstić information content (AvgIpc) is 2.35. The highest BCUT2D eigenvalue weighted by Gasteiger charge is 2.24. The van der Waals surface area contributed by atoms with Gasteiger partial charge in [-0.3, -0.25) is 9.59 Å². The molecule has 1 atom stereocenters. The number of aliphatic carboxylic acids is 1. The maximum absolute atomic E-state index is 10.6. The quantitative estimate of drug-likeness (QED) is 0.579. The molecular weight excluding hydrogens is 164 g/mol. The number of carboxylic acid groups (broad SMARTS) is 1. The monoisotopic (exact) mass is 174 g/mol. The lowest BCUT2D eigenvalue weighted by Crippen LogP contribution is -2.44. The molecule has 0 unspecified atom stereocenters. The van der Waals surface area contributed by atoms with E-state index in [9.17, 15) is 9.59 Å². The molecule has 6 nitrogen and oxygen atoms in total. The summed E-state index contributed by atoms with van der Waals surface area (Å²) in [5, 5.41) is 9.62. The Labute approximate surface area is 69.0 Å². The first-order valence-electron chi connectivity index (χ1n) is 3.57. The van der Waals surface area contributed by atoms with Crippen molar-refractivity contribution in [2.45, 2.75) is 19.4 Å². The zero-order valence-corrected chi connectivity index (χ0v) is 6.61. The van der Waals surface area contributed by atoms with Crippen LogP contribution in [0.3, 0.4) is 0 Å². The van der Waals surface area contributed by atoms with Crippen molar-refractivity contribution < 1.29 is 19.5 Å². The Morgan fingerprint density at radius 1 is 1.83 bits per heavy atom. The minimum absolute atomic E-state index is 0.291. The Hall–Kier alpha value is -1.14. The third-order valence-corrected chi connectivity index (χ3v) is 1.44. The van der Waals surface area contributed by atoms with E-state index in [4.69, 9.17) is 5.11 Å². The molecule has 1 heterocycles. The molecule has 0 aromatic rings. The van der Waals surface area contributed by atoms with Crippen molar-refractivity contribution >= 4 is 11.9 Å². The summed E-state index contributed by atoms with van der Waals surface area (Å²) in [4.78, 5) is 25.5. The number of hydrogen-bond acceptors (Lipinski definition) is 5. The van der Waals surface area contributed by atoms with Crippen LogP contribution in [0, 0.1) is 0 Å². The number of nitrogens with zero attached hydrogens (tertiary/aromatic N) is 1. The lowest BCUT2D eigenvalue weighted by atomic mass is 10.4. The fraction of sp³-hybridized carbons (Fsp3) is 0.667. The molecule has 2 N–H and O–H groups in total. The average molecular weight is 174 g/mol. The normalized spacial score (nSPS) is 20.6. The predicted molar refractivity (Wildman–Crippen MR) is 37.6 cm³/mol. The molecule has 0 aromatic heterocycles. The Balaban J connectivity index is 2.32. The minimum atomic E-state index is -0.988. The van der Waals surface area contributed by atoms with E-state index >= 15 is 0 Å². The smallest absolute Gasteiger partial charge is 0.328 e. The van der Waals surface area contributed by atoms with E-state index in [1.54, 1.807) is 0 Å². The Morgan fingerprint density at radius 3 is 2.92 bits per heavy atom. The molecule has 1 aliphatic rings. The number of carbonyl (C=O) groups excluding carboxylic acids is 1. The van der Waals surface area contributed by atoms with Crippen molar-refractivity contribution in [2.24, 2.45) is 0 Å². The summed E-state index contributed by atoms with van der Waals surface area (Å²) in [6.45, 7) is 1.85. The van der Waals surface area contributed by atoms with E-state index in [0.29, 0.717) is 13.0 Å². The molecule has 1 fully saturated rings. The highest BCUT2D eigenvalue weighted by molar-refractivity contribution is 5.73. The highest BCUT2D eigenvalue weighted by Crippen LogP contribution is 2.03. The summed E-state index contributed by atoms with van der Waals surface area (Å²) in [6.07, 6.45) is 0.291. The first-order valence-corrected chi connectivity index (χ1v) is 3.57. The largest absolute Gasteiger partial charge is 0.480 e. The fourth-order valence-electron chi connectivity index (χ4n) is 0.769. The van der Waals surface area contributed by atoms with Gasteiger partial charge >= 0.3 is 11.9 Å². The van der Waals surface area contributed by atoms with E-state index in [0.717, 1.165) is 5.17 Å². The van der Waals surface area contributed by atoms with Gasteiger partial charge in [-0.05, 0) is 6.92 Å². The van der Waals surface area contributed by atoms with Crippen LogP contribution in [0.5, 0.6) is 0 Å². The molecule has 0 radical (unpaired) electrons. The Morgan fingerprint density at radius 2 is 2.50 bits per heavy atom. The van der Waals surface area contributed by atoms with E-state index in [-0.39, 0.29) is 5.97 Å². The third-order valence-electron chi connectivity index (χ3n) is 1.44. The lowest BCUT2D eigenvalue weighted by Gasteiger charge is -2.16. The number of hydroxylamine groups is 1. The van der Waals surface area contributed by atoms with Gasteiger partial charge in [-0.2, -0.15) is 0 Å². The molecule has 1 rings (SSSR count). The molecule has 0 amide bonds. The molecule has 0 aromatic carbocycles. The van der Waals surface area contributed by atoms with Gasteiger partial charge in [0.15, 0.2) is 0 Å². The first kappa shape index (κ1) is 8.95. The van der Waals surface area contributed by atoms with Crippen LogP contribution >= 0.6 is 0 Å². The number of hydrazine groups is 1. The fourth-order valence-corrected chi connectivity index (χ4v) is 0.769. The molecular formula is C6H10N2O4. The summed E-state index contributed by atoms with van der Waals surface area (Å²) in [7, 11) is 0. The molecule has 1 aliphatic heterocycles. The highest BCUT2D eigenvalue weighted by atomic mass is 16.7. The standard InChI is InChI=1S/C6H10N2O4/c1-4(6(10)11)7-8-3-2-5(9)12-8/h4,7H,2-3H2,1H3,(H,10,11)/t4-/m0/s1. The van der Waals surface area contributed by atoms with Crippen LogP contribution in [-0.2, 0) is 14.4 Å². The van der Waals surface area contributed by atoms with Gasteiger partial charge in [-0.1, -0.05) is 5.17 Å². The van der Waals surface area contributed by atoms with Crippen LogP contribution in [0.2, 0.25) is 0 Å². The van der Waals surface area contributed by atoms with Crippen LogP contribution in [-0.4, -0.2) is 34.8 Å². The van der Waals surface area contributed by atoms with Crippen LogP contribution in [0.4, 0.5) is 0 Å². The second-order valence-electron chi connectivity index (χ2n) is 2.50. The van der Waals surface area contributed by atoms with Crippen molar-refractivity contribution in [2.75, 3.05) is 6.54 Å². The molecule has 0 saturated carbocycles. The molecule has 0 spiro atoms. The van der Waals surface area contributed by atoms with Crippen molar-refractivity contribution in [1.82, 2.24) is 10.6 Å². The van der Waals surface area contributed by atoms with Crippen LogP contribution in [0.1, 0.15) is 13.3 Å². The van der Waals surface area contributed by atoms with Crippen LogP contribution in [0.25, 0.3) is 0 Å². The topological polar surface area (TPSA) is 78.9 Å². The SMILES string of the molecule is C[C@H](NN1CCC(=O)O1)C(=O)O. The number of carboxylic acids is 1. The number of carbonyl (C=O) groups is 2. The molecule has 0 aliphatic carbocycles. The zero-order valence-electron chi connectivity index (χ0n) is 6.61. The van der Waals surface area contributed by atoms with Crippen molar-refractivity contribution in [3.05, 3.63) is 0 Å². The van der Waals surface area contributed by atoms with Gasteiger partial charge in [0.2, 0.25) is 0 Å². The summed E-state index contributed by atoms with van der Waals surface area (Å²) in [6, 6.07) is -0.754. The van der Waals surface area contributed by atoms with Gasteiger partial charge in [0.1, 0.15) is 6.04 Å². The van der Waals surface area contributed by atoms with Crippen molar-refractivity contribution in [3.63, 3.8) is 0 Å². The molecule has 68 valence electrons. The van der Waals surface area contributed by atoms with Crippen molar-refractivity contribution in [3.8, 4) is 0 Å². The van der Waals surface area contributed by atoms with E-state index < -0.39 is 12.0 Å². The maximum atomic E-state index is 10.6. The number of nitrogens with one attached hydrogen (secondary N) is 1. The van der Waals surface area contributed by atoms with E-state index in [2.05, 4.69) is 10.3 Å². The number of hydrogen-bond donors (Lipinski definition) is 2. The van der Waals surface area contributed by atoms with E-state index in [1.807, 2.05) is 0 Å². The second kappa shape index (κ2) is 3.51. The second-order valence-corrected chi connectivity index (χ2v) is 2.50. The van der Waals surface area contributed by atoms with Gasteiger partial charge in [0.05, 0.1) is 13.0 Å². The molecule has 1 saturated heterocycles. The zero-order chi connectivity index (χ0) is 9.14. The first-order chi connectivity index (χ1) is 5.59.